The van der Waals surface area contributed by atoms with E-state index in [0.717, 1.165) is 12.8 Å². The summed E-state index contributed by atoms with van der Waals surface area (Å²) in [7, 11) is 1.58. The number of hydrogen-bond acceptors (Lipinski definition) is 4. The van der Waals surface area contributed by atoms with E-state index in [1.807, 2.05) is 6.92 Å². The van der Waals surface area contributed by atoms with Crippen LogP contribution in [-0.2, 0) is 4.79 Å². The number of ether oxygens (including phenoxy) is 2. The molecule has 0 aliphatic heterocycles. The standard InChI is InChI=1S/C17H25NO5/c1-4-6-11-23-14-8-7-13(12-15(14)22-5-2)17(21)18(3)10-9-16(19)20/h7-8,12H,4-6,9-11H2,1-3H3,(H,19,20). The van der Waals surface area contributed by atoms with Crippen LogP contribution in [0.3, 0.4) is 0 Å². The van der Waals surface area contributed by atoms with Crippen LogP contribution >= 0.6 is 0 Å². The Labute approximate surface area is 137 Å². The Bertz CT molecular complexity index is 530. The number of carbonyl (C=O) groups is 2. The Morgan fingerprint density at radius 2 is 1.91 bits per heavy atom. The third kappa shape index (κ3) is 6.18. The monoisotopic (exact) mass is 323 g/mol. The average molecular weight is 323 g/mol. The second-order valence-electron chi connectivity index (χ2n) is 5.17. The molecule has 0 fully saturated rings. The van der Waals surface area contributed by atoms with Crippen LogP contribution in [0.25, 0.3) is 0 Å². The van der Waals surface area contributed by atoms with Gasteiger partial charge in [0, 0.05) is 19.2 Å². The van der Waals surface area contributed by atoms with Crippen molar-refractivity contribution in [3.05, 3.63) is 23.8 Å². The molecule has 0 aromatic heterocycles. The first-order valence-electron chi connectivity index (χ1n) is 7.86. The van der Waals surface area contributed by atoms with Gasteiger partial charge in [-0.25, -0.2) is 0 Å². The normalized spacial score (nSPS) is 10.2. The van der Waals surface area contributed by atoms with Crippen LogP contribution in [0, 0.1) is 0 Å². The fraction of sp³-hybridized carbons (Fsp3) is 0.529. The molecule has 0 saturated heterocycles. The van der Waals surface area contributed by atoms with Crippen molar-refractivity contribution in [2.45, 2.75) is 33.1 Å². The van der Waals surface area contributed by atoms with E-state index >= 15 is 0 Å². The van der Waals surface area contributed by atoms with Gasteiger partial charge in [-0.2, -0.15) is 0 Å². The van der Waals surface area contributed by atoms with E-state index in [-0.39, 0.29) is 18.9 Å². The minimum atomic E-state index is -0.931. The van der Waals surface area contributed by atoms with Crippen LogP contribution in [0.4, 0.5) is 0 Å². The number of rotatable bonds is 10. The zero-order chi connectivity index (χ0) is 17.2. The number of amides is 1. The van der Waals surface area contributed by atoms with Gasteiger partial charge >= 0.3 is 5.97 Å². The van der Waals surface area contributed by atoms with E-state index in [2.05, 4.69) is 6.92 Å². The highest BCUT2D eigenvalue weighted by Crippen LogP contribution is 2.29. The summed E-state index contributed by atoms with van der Waals surface area (Å²) in [6, 6.07) is 5.03. The first-order valence-corrected chi connectivity index (χ1v) is 7.86. The van der Waals surface area contributed by atoms with Crippen molar-refractivity contribution in [3.63, 3.8) is 0 Å². The van der Waals surface area contributed by atoms with Gasteiger partial charge in [-0.05, 0) is 31.5 Å². The molecule has 0 aliphatic carbocycles. The molecule has 1 amide bonds. The van der Waals surface area contributed by atoms with E-state index in [0.29, 0.717) is 30.3 Å². The van der Waals surface area contributed by atoms with Crippen LogP contribution in [0.2, 0.25) is 0 Å². The van der Waals surface area contributed by atoms with Crippen LogP contribution in [0.5, 0.6) is 11.5 Å². The molecule has 1 aromatic rings. The van der Waals surface area contributed by atoms with Crippen molar-refractivity contribution < 1.29 is 24.2 Å². The molecule has 0 heterocycles. The molecule has 6 heteroatoms. The highest BCUT2D eigenvalue weighted by atomic mass is 16.5. The number of hydrogen-bond donors (Lipinski definition) is 1. The largest absolute Gasteiger partial charge is 0.490 e. The summed E-state index contributed by atoms with van der Waals surface area (Å²) in [6.07, 6.45) is 1.90. The number of aliphatic carboxylic acids is 1. The Kier molecular flexibility index (Phi) is 7.94. The fourth-order valence-corrected chi connectivity index (χ4v) is 1.94. The lowest BCUT2D eigenvalue weighted by molar-refractivity contribution is -0.137. The molecule has 0 radical (unpaired) electrons. The molecule has 0 saturated carbocycles. The zero-order valence-corrected chi connectivity index (χ0v) is 14.0. The third-order valence-electron chi connectivity index (χ3n) is 3.25. The highest BCUT2D eigenvalue weighted by molar-refractivity contribution is 5.95. The predicted octanol–water partition coefficient (Wildman–Crippen LogP) is 2.81. The molecule has 23 heavy (non-hydrogen) atoms. The maximum Gasteiger partial charge on any atom is 0.305 e. The summed E-state index contributed by atoms with van der Waals surface area (Å²) >= 11 is 0. The molecule has 1 rings (SSSR count). The highest BCUT2D eigenvalue weighted by Gasteiger charge is 2.16. The Morgan fingerprint density at radius 3 is 2.52 bits per heavy atom. The molecule has 0 bridgehead atoms. The molecular weight excluding hydrogens is 298 g/mol. The van der Waals surface area contributed by atoms with Crippen molar-refractivity contribution >= 4 is 11.9 Å². The molecule has 0 spiro atoms. The van der Waals surface area contributed by atoms with E-state index in [1.165, 1.54) is 4.90 Å². The lowest BCUT2D eigenvalue weighted by Gasteiger charge is -2.18. The van der Waals surface area contributed by atoms with E-state index in [9.17, 15) is 9.59 Å². The van der Waals surface area contributed by atoms with Crippen molar-refractivity contribution in [1.82, 2.24) is 4.90 Å². The summed E-state index contributed by atoms with van der Waals surface area (Å²) in [5.74, 6) is -0.0298. The van der Waals surface area contributed by atoms with Crippen LogP contribution in [-0.4, -0.2) is 48.7 Å². The number of carboxylic acid groups (broad SMARTS) is 1. The number of nitrogens with zero attached hydrogens (tertiary/aromatic N) is 1. The van der Waals surface area contributed by atoms with E-state index < -0.39 is 5.97 Å². The van der Waals surface area contributed by atoms with Gasteiger partial charge in [0.2, 0.25) is 0 Å². The van der Waals surface area contributed by atoms with Crippen molar-refractivity contribution in [2.24, 2.45) is 0 Å². The van der Waals surface area contributed by atoms with Crippen LogP contribution < -0.4 is 9.47 Å². The summed E-state index contributed by atoms with van der Waals surface area (Å²) in [5.41, 5.74) is 0.448. The summed E-state index contributed by atoms with van der Waals surface area (Å²) in [5, 5.41) is 8.69. The number of carboxylic acids is 1. The van der Waals surface area contributed by atoms with Crippen LogP contribution in [0.1, 0.15) is 43.5 Å². The topological polar surface area (TPSA) is 76.1 Å². The molecule has 1 N–H and O–H groups in total. The van der Waals surface area contributed by atoms with Gasteiger partial charge < -0.3 is 19.5 Å². The summed E-state index contributed by atoms with van der Waals surface area (Å²) in [4.78, 5) is 24.3. The van der Waals surface area contributed by atoms with Crippen LogP contribution in [0.15, 0.2) is 18.2 Å². The molecular formula is C17H25NO5. The minimum absolute atomic E-state index is 0.0846. The molecule has 128 valence electrons. The Morgan fingerprint density at radius 1 is 1.17 bits per heavy atom. The zero-order valence-electron chi connectivity index (χ0n) is 14.0. The smallest absolute Gasteiger partial charge is 0.305 e. The fourth-order valence-electron chi connectivity index (χ4n) is 1.94. The van der Waals surface area contributed by atoms with Gasteiger partial charge in [0.05, 0.1) is 19.6 Å². The second-order valence-corrected chi connectivity index (χ2v) is 5.17. The first kappa shape index (κ1) is 18.8. The van der Waals surface area contributed by atoms with Gasteiger partial charge in [-0.15, -0.1) is 0 Å². The number of benzene rings is 1. The quantitative estimate of drug-likeness (QED) is 0.670. The number of carbonyl (C=O) groups excluding carboxylic acids is 1. The van der Waals surface area contributed by atoms with Gasteiger partial charge in [0.1, 0.15) is 0 Å². The van der Waals surface area contributed by atoms with Crippen molar-refractivity contribution in [3.8, 4) is 11.5 Å². The van der Waals surface area contributed by atoms with Gasteiger partial charge in [-0.1, -0.05) is 13.3 Å². The first-order chi connectivity index (χ1) is 11.0. The molecule has 0 atom stereocenters. The maximum absolute atomic E-state index is 12.3. The SMILES string of the molecule is CCCCOc1ccc(C(=O)N(C)CCC(=O)O)cc1OCC. The average Bonchev–Trinajstić information content (AvgIpc) is 2.53. The lowest BCUT2D eigenvalue weighted by atomic mass is 10.1. The Balaban J connectivity index is 2.84. The van der Waals surface area contributed by atoms with E-state index in [4.69, 9.17) is 14.6 Å². The van der Waals surface area contributed by atoms with Crippen molar-refractivity contribution in [1.29, 1.82) is 0 Å². The summed E-state index contributed by atoms with van der Waals surface area (Å²) in [6.45, 7) is 5.18. The van der Waals surface area contributed by atoms with Gasteiger partial charge in [0.25, 0.3) is 5.91 Å². The lowest BCUT2D eigenvalue weighted by Crippen LogP contribution is -2.29. The molecule has 0 unspecified atom stereocenters. The van der Waals surface area contributed by atoms with E-state index in [1.54, 1.807) is 25.2 Å². The molecule has 0 aliphatic rings. The predicted molar refractivity (Wildman–Crippen MR) is 87.2 cm³/mol. The molecule has 1 aromatic carbocycles. The molecule has 6 nitrogen and oxygen atoms in total. The third-order valence-corrected chi connectivity index (χ3v) is 3.25. The van der Waals surface area contributed by atoms with Crippen molar-refractivity contribution in [2.75, 3.05) is 26.8 Å². The minimum Gasteiger partial charge on any atom is -0.490 e. The van der Waals surface area contributed by atoms with Gasteiger partial charge in [-0.3, -0.25) is 9.59 Å². The number of unbranched alkanes of at least 4 members (excludes halogenated alkanes) is 1. The second kappa shape index (κ2) is 9.71. The summed E-state index contributed by atoms with van der Waals surface area (Å²) < 4.78 is 11.2. The Hall–Kier alpha value is -2.24. The maximum atomic E-state index is 12.3. The van der Waals surface area contributed by atoms with Gasteiger partial charge in [0.15, 0.2) is 11.5 Å².